The summed E-state index contributed by atoms with van der Waals surface area (Å²) >= 11 is 0. The van der Waals surface area contributed by atoms with Gasteiger partial charge in [-0.05, 0) is 38.0 Å². The van der Waals surface area contributed by atoms with Crippen molar-refractivity contribution < 1.29 is 14.0 Å². The Bertz CT molecular complexity index is 644. The van der Waals surface area contributed by atoms with Crippen LogP contribution < -0.4 is 0 Å². The third kappa shape index (κ3) is 3.66. The predicted molar refractivity (Wildman–Crippen MR) is 92.1 cm³/mol. The Morgan fingerprint density at radius 2 is 2.08 bits per heavy atom. The Morgan fingerprint density at radius 1 is 1.42 bits per heavy atom. The fourth-order valence-electron chi connectivity index (χ4n) is 2.98. The molecule has 1 heterocycles. The van der Waals surface area contributed by atoms with Crippen molar-refractivity contribution in [3.8, 4) is 0 Å². The van der Waals surface area contributed by atoms with Crippen molar-refractivity contribution in [3.63, 3.8) is 0 Å². The number of hydrogen-bond acceptors (Lipinski definition) is 2. The highest BCUT2D eigenvalue weighted by molar-refractivity contribution is 5.91. The third-order valence-electron chi connectivity index (χ3n) is 4.58. The van der Waals surface area contributed by atoms with Crippen molar-refractivity contribution >= 4 is 11.8 Å². The second-order valence-electron chi connectivity index (χ2n) is 6.63. The van der Waals surface area contributed by atoms with E-state index in [0.29, 0.717) is 6.54 Å². The molecule has 1 aliphatic heterocycles. The van der Waals surface area contributed by atoms with Gasteiger partial charge in [0.1, 0.15) is 0 Å². The number of likely N-dealkylation sites (tertiary alicyclic amines) is 1. The zero-order valence-corrected chi connectivity index (χ0v) is 14.6. The molecule has 0 radical (unpaired) electrons. The van der Waals surface area contributed by atoms with Gasteiger partial charge in [0, 0.05) is 25.6 Å². The Balaban J connectivity index is 2.19. The van der Waals surface area contributed by atoms with Gasteiger partial charge >= 0.3 is 0 Å². The molecule has 1 aromatic rings. The number of rotatable bonds is 5. The van der Waals surface area contributed by atoms with Crippen LogP contribution in [-0.4, -0.2) is 46.4 Å². The van der Waals surface area contributed by atoms with Gasteiger partial charge in [-0.15, -0.1) is 0 Å². The lowest BCUT2D eigenvalue weighted by Crippen LogP contribution is -2.50. The molecule has 5 heteroatoms. The van der Waals surface area contributed by atoms with E-state index in [4.69, 9.17) is 0 Å². The molecule has 0 spiro atoms. The SMILES string of the molecule is C=CC(=O)N1CCC(F)(C(=O)N(Cc2ccccc2C)C(C)C)C1. The Kier molecular flexibility index (Phi) is 5.42. The molecule has 2 amide bonds. The minimum atomic E-state index is -2.02. The summed E-state index contributed by atoms with van der Waals surface area (Å²) in [6.07, 6.45) is 1.19. The first-order valence-corrected chi connectivity index (χ1v) is 8.24. The minimum absolute atomic E-state index is 0.0302. The van der Waals surface area contributed by atoms with Gasteiger partial charge in [-0.3, -0.25) is 9.59 Å². The molecule has 1 fully saturated rings. The highest BCUT2D eigenvalue weighted by Gasteiger charge is 2.48. The number of nitrogens with zero attached hydrogens (tertiary/aromatic N) is 2. The first-order valence-electron chi connectivity index (χ1n) is 8.24. The Hall–Kier alpha value is -2.17. The van der Waals surface area contributed by atoms with Crippen LogP contribution >= 0.6 is 0 Å². The molecule has 0 bridgehead atoms. The van der Waals surface area contributed by atoms with Crippen LogP contribution in [0, 0.1) is 6.92 Å². The van der Waals surface area contributed by atoms with Crippen LogP contribution in [-0.2, 0) is 16.1 Å². The van der Waals surface area contributed by atoms with Crippen molar-refractivity contribution in [2.24, 2.45) is 0 Å². The lowest BCUT2D eigenvalue weighted by atomic mass is 10.0. The zero-order valence-electron chi connectivity index (χ0n) is 14.6. The molecule has 1 unspecified atom stereocenters. The molecule has 4 nitrogen and oxygen atoms in total. The summed E-state index contributed by atoms with van der Waals surface area (Å²) in [4.78, 5) is 27.5. The first-order chi connectivity index (χ1) is 11.3. The fourth-order valence-corrected chi connectivity index (χ4v) is 2.98. The second-order valence-corrected chi connectivity index (χ2v) is 6.63. The average Bonchev–Trinajstić information content (AvgIpc) is 2.96. The van der Waals surface area contributed by atoms with Gasteiger partial charge in [0.2, 0.25) is 11.6 Å². The number of carbonyl (C=O) groups is 2. The van der Waals surface area contributed by atoms with Crippen molar-refractivity contribution in [3.05, 3.63) is 48.0 Å². The minimum Gasteiger partial charge on any atom is -0.335 e. The van der Waals surface area contributed by atoms with Crippen LogP contribution in [0.3, 0.4) is 0 Å². The molecule has 1 aromatic carbocycles. The van der Waals surface area contributed by atoms with Gasteiger partial charge in [-0.2, -0.15) is 0 Å². The highest BCUT2D eigenvalue weighted by Crippen LogP contribution is 2.30. The topological polar surface area (TPSA) is 40.6 Å². The number of aryl methyl sites for hydroxylation is 1. The Labute approximate surface area is 142 Å². The van der Waals surface area contributed by atoms with Crippen molar-refractivity contribution in [1.29, 1.82) is 0 Å². The van der Waals surface area contributed by atoms with E-state index in [0.717, 1.165) is 17.2 Å². The van der Waals surface area contributed by atoms with E-state index in [1.807, 2.05) is 45.0 Å². The molecule has 130 valence electrons. The smallest absolute Gasteiger partial charge is 0.262 e. The lowest BCUT2D eigenvalue weighted by molar-refractivity contribution is -0.146. The van der Waals surface area contributed by atoms with Crippen molar-refractivity contribution in [1.82, 2.24) is 9.80 Å². The summed E-state index contributed by atoms with van der Waals surface area (Å²) in [5.41, 5.74) is 0.0462. The van der Waals surface area contributed by atoms with E-state index in [1.54, 1.807) is 4.90 Å². The monoisotopic (exact) mass is 332 g/mol. The van der Waals surface area contributed by atoms with E-state index >= 15 is 4.39 Å². The number of carbonyl (C=O) groups excluding carboxylic acids is 2. The molecule has 1 saturated heterocycles. The molecular formula is C19H25FN2O2. The fraction of sp³-hybridized carbons (Fsp3) is 0.474. The standard InChI is InChI=1S/C19H25FN2O2/c1-5-17(23)21-11-10-19(20,13-21)18(24)22(14(2)3)12-16-9-7-6-8-15(16)4/h5-9,14H,1,10-13H2,2-4H3. The third-order valence-corrected chi connectivity index (χ3v) is 4.58. The highest BCUT2D eigenvalue weighted by atomic mass is 19.1. The maximum Gasteiger partial charge on any atom is 0.262 e. The number of halogens is 1. The molecule has 1 atom stereocenters. The van der Waals surface area contributed by atoms with E-state index in [9.17, 15) is 9.59 Å². The molecule has 0 aliphatic carbocycles. The van der Waals surface area contributed by atoms with Crippen molar-refractivity contribution in [2.45, 2.75) is 45.4 Å². The zero-order chi connectivity index (χ0) is 17.9. The van der Waals surface area contributed by atoms with Gasteiger partial charge in [-0.25, -0.2) is 4.39 Å². The summed E-state index contributed by atoms with van der Waals surface area (Å²) < 4.78 is 15.2. The average molecular weight is 332 g/mol. The van der Waals surface area contributed by atoms with Crippen LogP contribution in [0.25, 0.3) is 0 Å². The van der Waals surface area contributed by atoms with Crippen LogP contribution in [0.2, 0.25) is 0 Å². The maximum absolute atomic E-state index is 15.2. The summed E-state index contributed by atoms with van der Waals surface area (Å²) in [5, 5.41) is 0. The first kappa shape index (κ1) is 18.2. The molecule has 2 rings (SSSR count). The van der Waals surface area contributed by atoms with Crippen molar-refractivity contribution in [2.75, 3.05) is 13.1 Å². The van der Waals surface area contributed by atoms with E-state index in [1.165, 1.54) is 4.90 Å². The van der Waals surface area contributed by atoms with Gasteiger partial charge < -0.3 is 9.80 Å². The van der Waals surface area contributed by atoms with Crippen LogP contribution in [0.4, 0.5) is 4.39 Å². The number of benzene rings is 1. The molecule has 0 saturated carbocycles. The summed E-state index contributed by atoms with van der Waals surface area (Å²) in [6.45, 7) is 9.55. The summed E-state index contributed by atoms with van der Waals surface area (Å²) in [5.74, 6) is -0.877. The van der Waals surface area contributed by atoms with Crippen LogP contribution in [0.15, 0.2) is 36.9 Å². The van der Waals surface area contributed by atoms with Crippen LogP contribution in [0.1, 0.15) is 31.4 Å². The largest absolute Gasteiger partial charge is 0.335 e. The normalized spacial score (nSPS) is 20.3. The second kappa shape index (κ2) is 7.16. The van der Waals surface area contributed by atoms with Crippen LogP contribution in [0.5, 0.6) is 0 Å². The van der Waals surface area contributed by atoms with Gasteiger partial charge in [-0.1, -0.05) is 30.8 Å². The van der Waals surface area contributed by atoms with Gasteiger partial charge in [0.25, 0.3) is 5.91 Å². The van der Waals surface area contributed by atoms with Gasteiger partial charge in [0.05, 0.1) is 6.54 Å². The molecule has 1 aliphatic rings. The number of alkyl halides is 1. The quantitative estimate of drug-likeness (QED) is 0.778. The summed E-state index contributed by atoms with van der Waals surface area (Å²) in [7, 11) is 0. The summed E-state index contributed by atoms with van der Waals surface area (Å²) in [6, 6.07) is 7.65. The predicted octanol–water partition coefficient (Wildman–Crippen LogP) is 2.86. The molecule has 0 N–H and O–H groups in total. The number of amides is 2. The molecular weight excluding hydrogens is 307 g/mol. The Morgan fingerprint density at radius 3 is 2.67 bits per heavy atom. The molecule has 0 aromatic heterocycles. The van der Waals surface area contributed by atoms with Gasteiger partial charge in [0.15, 0.2) is 0 Å². The van der Waals surface area contributed by atoms with E-state index in [-0.39, 0.29) is 31.5 Å². The van der Waals surface area contributed by atoms with E-state index < -0.39 is 11.6 Å². The molecule has 24 heavy (non-hydrogen) atoms. The van der Waals surface area contributed by atoms with E-state index in [2.05, 4.69) is 6.58 Å². The lowest BCUT2D eigenvalue weighted by Gasteiger charge is -2.32. The number of hydrogen-bond donors (Lipinski definition) is 0. The maximum atomic E-state index is 15.2.